The fourth-order valence-corrected chi connectivity index (χ4v) is 9.05. The molecule has 0 heterocycles. The predicted octanol–water partition coefficient (Wildman–Crippen LogP) is 20.4. The van der Waals surface area contributed by atoms with Crippen molar-refractivity contribution < 1.29 is 28.6 Å². The lowest BCUT2D eigenvalue weighted by Crippen LogP contribution is -2.30. The summed E-state index contributed by atoms with van der Waals surface area (Å²) in [6, 6.07) is 0. The van der Waals surface area contributed by atoms with Crippen molar-refractivity contribution in [1.82, 2.24) is 0 Å². The minimum absolute atomic E-state index is 0.0823. The Hall–Kier alpha value is -2.37. The van der Waals surface area contributed by atoms with Crippen LogP contribution in [0.4, 0.5) is 0 Å². The van der Waals surface area contributed by atoms with E-state index < -0.39 is 6.10 Å². The number of unbranched alkanes of at least 4 members (excludes halogenated alkanes) is 39. The summed E-state index contributed by atoms with van der Waals surface area (Å²) in [5, 5.41) is 0. The summed E-state index contributed by atoms with van der Waals surface area (Å²) in [5.41, 5.74) is 0. The highest BCUT2D eigenvalue weighted by molar-refractivity contribution is 5.71. The van der Waals surface area contributed by atoms with Crippen LogP contribution in [0.25, 0.3) is 0 Å². The molecule has 0 aromatic rings. The van der Waals surface area contributed by atoms with E-state index in [1.165, 1.54) is 225 Å². The van der Waals surface area contributed by atoms with Gasteiger partial charge in [0.15, 0.2) is 6.10 Å². The van der Waals surface area contributed by atoms with Gasteiger partial charge in [0.25, 0.3) is 0 Å². The van der Waals surface area contributed by atoms with E-state index >= 15 is 0 Å². The summed E-state index contributed by atoms with van der Waals surface area (Å²) in [6.45, 7) is 6.65. The fraction of sp³-hybridized carbons (Fsp3) is 0.857. The highest BCUT2D eigenvalue weighted by Crippen LogP contribution is 2.17. The molecule has 0 aliphatic carbocycles. The normalized spacial score (nSPS) is 12.2. The molecule has 0 bridgehead atoms. The third-order valence-electron chi connectivity index (χ3n) is 13.6. The molecule has 0 amide bonds. The number of hydrogen-bond donors (Lipinski definition) is 0. The first-order chi connectivity index (χ1) is 34.0. The zero-order valence-electron chi connectivity index (χ0n) is 46.3. The van der Waals surface area contributed by atoms with Gasteiger partial charge in [0.2, 0.25) is 0 Å². The number of ether oxygens (including phenoxy) is 3. The lowest BCUT2D eigenvalue weighted by molar-refractivity contribution is -0.167. The van der Waals surface area contributed by atoms with E-state index in [2.05, 4.69) is 57.2 Å². The van der Waals surface area contributed by atoms with E-state index in [-0.39, 0.29) is 31.1 Å². The number of carbonyl (C=O) groups is 3. The highest BCUT2D eigenvalue weighted by Gasteiger charge is 2.19. The van der Waals surface area contributed by atoms with Gasteiger partial charge in [-0.2, -0.15) is 0 Å². The Kier molecular flexibility index (Phi) is 56.2. The Balaban J connectivity index is 4.37. The van der Waals surface area contributed by atoms with Crippen molar-refractivity contribution in [3.8, 4) is 0 Å². The number of hydrogen-bond acceptors (Lipinski definition) is 6. The predicted molar refractivity (Wildman–Crippen MR) is 298 cm³/mol. The van der Waals surface area contributed by atoms with Crippen LogP contribution < -0.4 is 0 Å². The Bertz CT molecular complexity index is 1160. The van der Waals surface area contributed by atoms with Crippen LogP contribution in [0.2, 0.25) is 0 Å². The highest BCUT2D eigenvalue weighted by atomic mass is 16.6. The summed E-state index contributed by atoms with van der Waals surface area (Å²) < 4.78 is 16.9. The lowest BCUT2D eigenvalue weighted by atomic mass is 10.0. The molecule has 0 spiro atoms. The SMILES string of the molecule is CCCCCCCC/C=C\C/C=C\C/C=C\CCCC(=O)OC[C@H](COC(=O)CCCCCCCCCCCCCCCCCCCCC)OC(=O)CCCCCCCCCCCCCCCCC. The van der Waals surface area contributed by atoms with Gasteiger partial charge >= 0.3 is 17.9 Å². The quantitative estimate of drug-likeness (QED) is 0.0261. The molecule has 6 heteroatoms. The first kappa shape index (κ1) is 66.6. The summed E-state index contributed by atoms with van der Waals surface area (Å²) in [6.07, 6.45) is 70.0. The average Bonchev–Trinajstić information content (AvgIpc) is 3.35. The second-order valence-electron chi connectivity index (χ2n) is 20.6. The Morgan fingerprint density at radius 3 is 0.870 bits per heavy atom. The van der Waals surface area contributed by atoms with Gasteiger partial charge in [-0.3, -0.25) is 14.4 Å². The lowest BCUT2D eigenvalue weighted by Gasteiger charge is -2.18. The monoisotopic (exact) mass is 969 g/mol. The third kappa shape index (κ3) is 56.4. The van der Waals surface area contributed by atoms with Crippen LogP contribution in [-0.4, -0.2) is 37.2 Å². The molecule has 0 saturated carbocycles. The van der Waals surface area contributed by atoms with Crippen molar-refractivity contribution in [3.05, 3.63) is 36.5 Å². The Morgan fingerprint density at radius 1 is 0.290 bits per heavy atom. The van der Waals surface area contributed by atoms with Crippen molar-refractivity contribution >= 4 is 17.9 Å². The second-order valence-corrected chi connectivity index (χ2v) is 20.6. The van der Waals surface area contributed by atoms with Gasteiger partial charge < -0.3 is 14.2 Å². The summed E-state index contributed by atoms with van der Waals surface area (Å²) >= 11 is 0. The second kappa shape index (κ2) is 58.2. The van der Waals surface area contributed by atoms with E-state index in [0.717, 1.165) is 57.8 Å². The first-order valence-electron chi connectivity index (χ1n) is 30.5. The van der Waals surface area contributed by atoms with Crippen LogP contribution in [-0.2, 0) is 28.6 Å². The van der Waals surface area contributed by atoms with Crippen LogP contribution in [0.3, 0.4) is 0 Å². The topological polar surface area (TPSA) is 78.9 Å². The van der Waals surface area contributed by atoms with Gasteiger partial charge in [-0.15, -0.1) is 0 Å². The van der Waals surface area contributed by atoms with E-state index in [1.807, 2.05) is 0 Å². The van der Waals surface area contributed by atoms with E-state index in [1.54, 1.807) is 0 Å². The van der Waals surface area contributed by atoms with Gasteiger partial charge in [0, 0.05) is 19.3 Å². The maximum absolute atomic E-state index is 12.9. The van der Waals surface area contributed by atoms with Crippen LogP contribution in [0.1, 0.15) is 329 Å². The molecule has 0 rings (SSSR count). The zero-order chi connectivity index (χ0) is 50.0. The van der Waals surface area contributed by atoms with Gasteiger partial charge in [0.1, 0.15) is 13.2 Å². The first-order valence-corrected chi connectivity index (χ1v) is 30.5. The van der Waals surface area contributed by atoms with Gasteiger partial charge in [0.05, 0.1) is 0 Å². The number of esters is 3. The summed E-state index contributed by atoms with van der Waals surface area (Å²) in [5.74, 6) is -0.915. The standard InChI is InChI=1S/C63H116O6/c1-4-7-10-13-16-19-22-25-28-30-31-33-36-38-41-44-47-50-53-56-62(65)68-59-60(69-63(66)57-54-51-48-45-42-39-34-27-24-21-18-15-12-9-6-3)58-67-61(64)55-52-49-46-43-40-37-35-32-29-26-23-20-17-14-11-8-5-2/h26,29,35,37,43,46,60H,4-25,27-28,30-34,36,38-42,44-45,47-59H2,1-3H3/b29-26-,37-35-,46-43-/t60-/m1/s1. The Labute approximate surface area is 429 Å². The largest absolute Gasteiger partial charge is 0.462 e. The molecule has 0 aromatic heterocycles. The number of carbonyl (C=O) groups excluding carboxylic acids is 3. The van der Waals surface area contributed by atoms with E-state index in [9.17, 15) is 14.4 Å². The van der Waals surface area contributed by atoms with E-state index in [0.29, 0.717) is 25.7 Å². The summed E-state index contributed by atoms with van der Waals surface area (Å²) in [7, 11) is 0. The third-order valence-corrected chi connectivity index (χ3v) is 13.6. The molecule has 0 N–H and O–H groups in total. The van der Waals surface area contributed by atoms with Crippen LogP contribution in [0, 0.1) is 0 Å². The van der Waals surface area contributed by atoms with Crippen molar-refractivity contribution in [2.45, 2.75) is 335 Å². The average molecular weight is 970 g/mol. The van der Waals surface area contributed by atoms with Crippen LogP contribution >= 0.6 is 0 Å². The molecule has 0 fully saturated rings. The molecule has 0 aromatic carbocycles. The minimum atomic E-state index is -0.788. The molecule has 6 nitrogen and oxygen atoms in total. The Morgan fingerprint density at radius 2 is 0.536 bits per heavy atom. The van der Waals surface area contributed by atoms with Gasteiger partial charge in [-0.05, 0) is 51.4 Å². The smallest absolute Gasteiger partial charge is 0.306 e. The van der Waals surface area contributed by atoms with Gasteiger partial charge in [-0.25, -0.2) is 0 Å². The van der Waals surface area contributed by atoms with Crippen LogP contribution in [0.15, 0.2) is 36.5 Å². The van der Waals surface area contributed by atoms with Crippen molar-refractivity contribution in [2.24, 2.45) is 0 Å². The molecule has 404 valence electrons. The maximum atomic E-state index is 12.9. The van der Waals surface area contributed by atoms with Crippen LogP contribution in [0.5, 0.6) is 0 Å². The minimum Gasteiger partial charge on any atom is -0.462 e. The maximum Gasteiger partial charge on any atom is 0.306 e. The van der Waals surface area contributed by atoms with Crippen molar-refractivity contribution in [3.63, 3.8) is 0 Å². The van der Waals surface area contributed by atoms with Gasteiger partial charge in [-0.1, -0.05) is 295 Å². The van der Waals surface area contributed by atoms with E-state index in [4.69, 9.17) is 14.2 Å². The van der Waals surface area contributed by atoms with Crippen molar-refractivity contribution in [1.29, 1.82) is 0 Å². The molecule has 0 radical (unpaired) electrons. The zero-order valence-corrected chi connectivity index (χ0v) is 46.3. The molecule has 69 heavy (non-hydrogen) atoms. The molecular formula is C63H116O6. The molecular weight excluding hydrogens is 853 g/mol. The van der Waals surface area contributed by atoms with Crippen molar-refractivity contribution in [2.75, 3.05) is 13.2 Å². The summed E-state index contributed by atoms with van der Waals surface area (Å²) in [4.78, 5) is 38.2. The fourth-order valence-electron chi connectivity index (χ4n) is 9.05. The molecule has 0 aliphatic rings. The molecule has 0 unspecified atom stereocenters. The number of rotatable bonds is 56. The molecule has 0 aliphatic heterocycles. The number of allylic oxidation sites excluding steroid dienone is 6. The molecule has 1 atom stereocenters. The molecule has 0 saturated heterocycles.